The summed E-state index contributed by atoms with van der Waals surface area (Å²) in [6, 6.07) is 26.1. The Kier molecular flexibility index (Phi) is 6.88. The highest BCUT2D eigenvalue weighted by Crippen LogP contribution is 2.27. The number of carbonyl (C=O) groups excluding carboxylic acids is 1. The molecule has 1 amide bonds. The smallest absolute Gasteiger partial charge is 0.253 e. The molecular weight excluding hydrogens is 396 g/mol. The number of pyridine rings is 2. The van der Waals surface area contributed by atoms with Crippen LogP contribution in [0.1, 0.15) is 34.3 Å². The van der Waals surface area contributed by atoms with Gasteiger partial charge >= 0.3 is 0 Å². The summed E-state index contributed by atoms with van der Waals surface area (Å²) in [5.74, 6) is 0.221. The van der Waals surface area contributed by atoms with Gasteiger partial charge in [-0.15, -0.1) is 0 Å². The Morgan fingerprint density at radius 2 is 1.72 bits per heavy atom. The summed E-state index contributed by atoms with van der Waals surface area (Å²) in [5.41, 5.74) is 5.64. The third kappa shape index (κ3) is 5.38. The minimum Gasteiger partial charge on any atom is -0.384 e. The molecule has 0 aliphatic rings. The highest BCUT2D eigenvalue weighted by molar-refractivity contribution is 5.94. The lowest BCUT2D eigenvalue weighted by molar-refractivity contribution is 0.0950. The summed E-state index contributed by atoms with van der Waals surface area (Å²) in [7, 11) is 0. The summed E-state index contributed by atoms with van der Waals surface area (Å²) in [4.78, 5) is 21.1. The number of rotatable bonds is 8. The van der Waals surface area contributed by atoms with Crippen molar-refractivity contribution in [2.75, 3.05) is 11.9 Å². The molecule has 160 valence electrons. The molecule has 4 aromatic rings. The average molecular weight is 423 g/mol. The van der Waals surface area contributed by atoms with E-state index in [9.17, 15) is 4.79 Å². The predicted octanol–water partition coefficient (Wildman–Crippen LogP) is 5.29. The van der Waals surface area contributed by atoms with Crippen LogP contribution in [-0.4, -0.2) is 22.4 Å². The molecule has 0 saturated heterocycles. The molecule has 0 saturated carbocycles. The minimum atomic E-state index is -0.156. The molecule has 2 heterocycles. The zero-order valence-corrected chi connectivity index (χ0v) is 18.0. The van der Waals surface area contributed by atoms with E-state index in [4.69, 9.17) is 0 Å². The molecule has 0 unspecified atom stereocenters. The van der Waals surface area contributed by atoms with E-state index >= 15 is 0 Å². The lowest BCUT2D eigenvalue weighted by Gasteiger charge is -2.16. The number of hydrogen-bond donors (Lipinski definition) is 2. The molecule has 0 aliphatic carbocycles. The van der Waals surface area contributed by atoms with Gasteiger partial charge in [0.1, 0.15) is 0 Å². The number of amides is 1. The minimum absolute atomic E-state index is 0.156. The first kappa shape index (κ1) is 21.2. The molecule has 0 radical (unpaired) electrons. The van der Waals surface area contributed by atoms with Crippen molar-refractivity contribution in [3.63, 3.8) is 0 Å². The topological polar surface area (TPSA) is 66.9 Å². The van der Waals surface area contributed by atoms with Gasteiger partial charge in [0.25, 0.3) is 5.91 Å². The van der Waals surface area contributed by atoms with Crippen LogP contribution >= 0.6 is 0 Å². The van der Waals surface area contributed by atoms with E-state index in [1.807, 2.05) is 48.5 Å². The Bertz CT molecular complexity index is 1150. The second kappa shape index (κ2) is 10.4. The van der Waals surface area contributed by atoms with Crippen molar-refractivity contribution in [1.82, 2.24) is 15.3 Å². The number of hydrogen-bond acceptors (Lipinski definition) is 4. The summed E-state index contributed by atoms with van der Waals surface area (Å²) in [6.45, 7) is 3.46. The molecule has 0 fully saturated rings. The fourth-order valence-electron chi connectivity index (χ4n) is 3.50. The van der Waals surface area contributed by atoms with Gasteiger partial charge in [-0.05, 0) is 41.3 Å². The fraction of sp³-hybridized carbons (Fsp3) is 0.148. The van der Waals surface area contributed by atoms with Crippen molar-refractivity contribution in [2.45, 2.75) is 19.4 Å². The number of aromatic nitrogens is 2. The molecule has 2 aromatic heterocycles. The standard InChI is InChI=1S/C27H26N4O/c1-20(22-9-3-2-4-10-22)16-29-25-12-6-5-11-24(25)26-14-13-23(19-30-26)27(32)31-18-21-8-7-15-28-17-21/h2-15,17,19-20,29H,16,18H2,1H3,(H,31,32)/t20-/m0/s1. The molecule has 0 aliphatic heterocycles. The number of carbonyl (C=O) groups is 1. The first-order chi connectivity index (χ1) is 15.7. The molecule has 5 nitrogen and oxygen atoms in total. The van der Waals surface area contributed by atoms with Gasteiger partial charge in [-0.25, -0.2) is 0 Å². The number of nitrogens with one attached hydrogen (secondary N) is 2. The van der Waals surface area contributed by atoms with Crippen LogP contribution < -0.4 is 10.6 Å². The first-order valence-corrected chi connectivity index (χ1v) is 10.7. The van der Waals surface area contributed by atoms with Crippen LogP contribution in [0.25, 0.3) is 11.3 Å². The van der Waals surface area contributed by atoms with Crippen molar-refractivity contribution >= 4 is 11.6 Å². The van der Waals surface area contributed by atoms with E-state index in [0.29, 0.717) is 18.0 Å². The number of anilines is 1. The van der Waals surface area contributed by atoms with Gasteiger partial charge in [0.05, 0.1) is 11.3 Å². The molecule has 2 N–H and O–H groups in total. The maximum Gasteiger partial charge on any atom is 0.253 e. The Morgan fingerprint density at radius 1 is 0.906 bits per heavy atom. The predicted molar refractivity (Wildman–Crippen MR) is 128 cm³/mol. The molecular formula is C27H26N4O. The number of para-hydroxylation sites is 1. The van der Waals surface area contributed by atoms with Crippen molar-refractivity contribution < 1.29 is 4.79 Å². The van der Waals surface area contributed by atoms with Crippen molar-refractivity contribution in [2.24, 2.45) is 0 Å². The zero-order valence-electron chi connectivity index (χ0n) is 18.0. The van der Waals surface area contributed by atoms with Crippen molar-refractivity contribution in [1.29, 1.82) is 0 Å². The quantitative estimate of drug-likeness (QED) is 0.405. The highest BCUT2D eigenvalue weighted by Gasteiger charge is 2.11. The molecule has 32 heavy (non-hydrogen) atoms. The van der Waals surface area contributed by atoms with E-state index < -0.39 is 0 Å². The van der Waals surface area contributed by atoms with E-state index in [1.165, 1.54) is 5.56 Å². The van der Waals surface area contributed by atoms with Crippen LogP contribution in [-0.2, 0) is 6.54 Å². The Morgan fingerprint density at radius 3 is 2.47 bits per heavy atom. The molecule has 5 heteroatoms. The molecule has 0 bridgehead atoms. The van der Waals surface area contributed by atoms with E-state index in [2.05, 4.69) is 57.9 Å². The molecule has 4 rings (SSSR count). The van der Waals surface area contributed by atoms with Crippen molar-refractivity contribution in [3.05, 3.63) is 114 Å². The zero-order chi connectivity index (χ0) is 22.2. The fourth-order valence-corrected chi connectivity index (χ4v) is 3.50. The van der Waals surface area contributed by atoms with Gasteiger partial charge < -0.3 is 10.6 Å². The first-order valence-electron chi connectivity index (χ1n) is 10.7. The Balaban J connectivity index is 1.42. The summed E-state index contributed by atoms with van der Waals surface area (Å²) in [5, 5.41) is 6.46. The molecule has 0 spiro atoms. The van der Waals surface area contributed by atoms with Crippen LogP contribution in [0.15, 0.2) is 97.5 Å². The van der Waals surface area contributed by atoms with Gasteiger partial charge in [-0.2, -0.15) is 0 Å². The van der Waals surface area contributed by atoms with Crippen LogP contribution in [0.5, 0.6) is 0 Å². The Labute approximate surface area is 188 Å². The van der Waals surface area contributed by atoms with Gasteiger partial charge in [-0.3, -0.25) is 14.8 Å². The monoisotopic (exact) mass is 422 g/mol. The Hall–Kier alpha value is -3.99. The summed E-state index contributed by atoms with van der Waals surface area (Å²) in [6.07, 6.45) is 5.07. The lowest BCUT2D eigenvalue weighted by atomic mass is 10.0. The van der Waals surface area contributed by atoms with Gasteiger partial charge in [0, 0.05) is 42.9 Å². The van der Waals surface area contributed by atoms with Crippen LogP contribution in [0.2, 0.25) is 0 Å². The maximum atomic E-state index is 12.5. The van der Waals surface area contributed by atoms with Crippen LogP contribution in [0, 0.1) is 0 Å². The SMILES string of the molecule is C[C@@H](CNc1ccccc1-c1ccc(C(=O)NCc2cccnc2)cn1)c1ccccc1. The maximum absolute atomic E-state index is 12.5. The average Bonchev–Trinajstić information content (AvgIpc) is 2.87. The van der Waals surface area contributed by atoms with Gasteiger partial charge in [0.15, 0.2) is 0 Å². The summed E-state index contributed by atoms with van der Waals surface area (Å²) >= 11 is 0. The third-order valence-electron chi connectivity index (χ3n) is 5.37. The molecule has 1 atom stereocenters. The normalized spacial score (nSPS) is 11.5. The number of nitrogens with zero attached hydrogens (tertiary/aromatic N) is 2. The van der Waals surface area contributed by atoms with E-state index in [-0.39, 0.29) is 5.91 Å². The molecule has 2 aromatic carbocycles. The third-order valence-corrected chi connectivity index (χ3v) is 5.37. The highest BCUT2D eigenvalue weighted by atomic mass is 16.1. The van der Waals surface area contributed by atoms with Crippen LogP contribution in [0.3, 0.4) is 0 Å². The summed E-state index contributed by atoms with van der Waals surface area (Å²) < 4.78 is 0. The van der Waals surface area contributed by atoms with Crippen molar-refractivity contribution in [3.8, 4) is 11.3 Å². The van der Waals surface area contributed by atoms with Gasteiger partial charge in [-0.1, -0.05) is 61.5 Å². The lowest BCUT2D eigenvalue weighted by Crippen LogP contribution is -2.22. The second-order valence-corrected chi connectivity index (χ2v) is 7.71. The van der Waals surface area contributed by atoms with E-state index in [0.717, 1.165) is 29.1 Å². The van der Waals surface area contributed by atoms with Crippen LogP contribution in [0.4, 0.5) is 5.69 Å². The number of benzene rings is 2. The second-order valence-electron chi connectivity index (χ2n) is 7.71. The largest absolute Gasteiger partial charge is 0.384 e. The van der Waals surface area contributed by atoms with E-state index in [1.54, 1.807) is 18.6 Å². The van der Waals surface area contributed by atoms with Gasteiger partial charge in [0.2, 0.25) is 0 Å².